The summed E-state index contributed by atoms with van der Waals surface area (Å²) in [6.07, 6.45) is 2.32. The third-order valence-corrected chi connectivity index (χ3v) is 9.18. The van der Waals surface area contributed by atoms with Gasteiger partial charge in [0.25, 0.3) is 0 Å². The number of likely N-dealkylation sites (N-methyl/N-ethyl adjacent to an activating group) is 1. The number of rotatable bonds is 10. The molecule has 0 saturated carbocycles. The van der Waals surface area contributed by atoms with Gasteiger partial charge in [0.05, 0.1) is 33.0 Å². The van der Waals surface area contributed by atoms with Gasteiger partial charge in [-0.2, -0.15) is 0 Å². The Morgan fingerprint density at radius 3 is 2.39 bits per heavy atom. The smallest absolute Gasteiger partial charge is 0.411 e. The van der Waals surface area contributed by atoms with Crippen LogP contribution in [0.4, 0.5) is 16.2 Å². The SMILES string of the molecule is CCOc1cc(NC(=O)CCc2ccc(-c3ccccc3)c(NC(=O)OC3C[C@@H]4[C@H]5O[C@H]5[C@H](C3)[N+]4(C)C)c2)ccc1CO.[I-]. The number of hydrogen-bond donors (Lipinski definition) is 3. The Balaban J connectivity index is 0.00000384. The van der Waals surface area contributed by atoms with Gasteiger partial charge >= 0.3 is 6.09 Å². The Hall–Kier alpha value is -3.19. The number of amides is 2. The van der Waals surface area contributed by atoms with Gasteiger partial charge in [0, 0.05) is 42.1 Å². The highest BCUT2D eigenvalue weighted by Crippen LogP contribution is 2.51. The number of ether oxygens (including phenoxy) is 3. The minimum Gasteiger partial charge on any atom is -1.00 e. The molecule has 44 heavy (non-hydrogen) atoms. The van der Waals surface area contributed by atoms with Crippen molar-refractivity contribution in [2.75, 3.05) is 31.3 Å². The number of halogens is 1. The second-order valence-electron chi connectivity index (χ2n) is 12.2. The van der Waals surface area contributed by atoms with Gasteiger partial charge in [0.1, 0.15) is 36.1 Å². The molecule has 2 bridgehead atoms. The summed E-state index contributed by atoms with van der Waals surface area (Å²) in [7, 11) is 4.51. The van der Waals surface area contributed by atoms with E-state index < -0.39 is 6.09 Å². The number of quaternary nitrogens is 1. The molecule has 0 radical (unpaired) electrons. The van der Waals surface area contributed by atoms with Crippen LogP contribution in [0.3, 0.4) is 0 Å². The summed E-state index contributed by atoms with van der Waals surface area (Å²) in [6.45, 7) is 2.19. The van der Waals surface area contributed by atoms with Crippen molar-refractivity contribution in [2.45, 2.75) is 69.6 Å². The van der Waals surface area contributed by atoms with Gasteiger partial charge in [0.2, 0.25) is 5.91 Å². The van der Waals surface area contributed by atoms with Crippen molar-refractivity contribution >= 4 is 23.4 Å². The molecule has 3 aliphatic heterocycles. The predicted molar refractivity (Wildman–Crippen MR) is 164 cm³/mol. The van der Waals surface area contributed by atoms with Crippen LogP contribution < -0.4 is 39.3 Å². The first-order valence-electron chi connectivity index (χ1n) is 15.1. The van der Waals surface area contributed by atoms with Gasteiger partial charge in [-0.05, 0) is 36.6 Å². The highest BCUT2D eigenvalue weighted by atomic mass is 127. The van der Waals surface area contributed by atoms with Gasteiger partial charge < -0.3 is 53.1 Å². The van der Waals surface area contributed by atoms with Crippen molar-refractivity contribution in [3.8, 4) is 16.9 Å². The molecule has 0 aromatic heterocycles. The summed E-state index contributed by atoms with van der Waals surface area (Å²) in [5.74, 6) is 0.409. The second kappa shape index (κ2) is 13.4. The van der Waals surface area contributed by atoms with Crippen molar-refractivity contribution in [3.05, 3.63) is 77.9 Å². The lowest BCUT2D eigenvalue weighted by Crippen LogP contribution is -3.00. The lowest BCUT2D eigenvalue weighted by atomic mass is 9.96. The zero-order valence-electron chi connectivity index (χ0n) is 25.3. The number of aryl methyl sites for hydroxylation is 1. The summed E-state index contributed by atoms with van der Waals surface area (Å²) >= 11 is 0. The van der Waals surface area contributed by atoms with E-state index in [0.717, 1.165) is 34.0 Å². The van der Waals surface area contributed by atoms with Crippen LogP contribution in [0.2, 0.25) is 0 Å². The normalized spacial score (nSPS) is 24.0. The molecule has 10 heteroatoms. The van der Waals surface area contributed by atoms with Gasteiger partial charge in [0.15, 0.2) is 0 Å². The fourth-order valence-electron chi connectivity index (χ4n) is 6.85. The number of aliphatic hydroxyl groups excluding tert-OH is 1. The van der Waals surface area contributed by atoms with Gasteiger partial charge in [-0.3, -0.25) is 10.1 Å². The third kappa shape index (κ3) is 6.73. The largest absolute Gasteiger partial charge is 1.00 e. The molecule has 6 rings (SSSR count). The van der Waals surface area contributed by atoms with E-state index >= 15 is 0 Å². The third-order valence-electron chi connectivity index (χ3n) is 9.18. The second-order valence-corrected chi connectivity index (χ2v) is 12.2. The number of carbonyl (C=O) groups excluding carboxylic acids is 2. The number of carbonyl (C=O) groups is 2. The molecule has 3 aliphatic rings. The number of nitrogens with one attached hydrogen (secondary N) is 2. The fourth-order valence-corrected chi connectivity index (χ4v) is 6.85. The Bertz CT molecular complexity index is 1480. The molecule has 9 nitrogen and oxygen atoms in total. The van der Waals surface area contributed by atoms with E-state index in [4.69, 9.17) is 14.2 Å². The van der Waals surface area contributed by atoms with E-state index in [1.807, 2.05) is 55.5 Å². The monoisotopic (exact) mass is 713 g/mol. The molecule has 0 aliphatic carbocycles. The molecular weight excluding hydrogens is 673 g/mol. The van der Waals surface area contributed by atoms with E-state index in [1.54, 1.807) is 18.2 Å². The number of benzene rings is 3. The van der Waals surface area contributed by atoms with Gasteiger partial charge in [-0.1, -0.05) is 48.5 Å². The average Bonchev–Trinajstić information content (AvgIpc) is 3.76. The summed E-state index contributed by atoms with van der Waals surface area (Å²) < 4.78 is 18.4. The standard InChI is InChI=1S/C34H39N3O6.HI/c1-4-41-30-17-24(13-12-23(30)20-38)35-31(39)15-11-21-10-14-26(22-8-6-5-7-9-22)27(16-21)36-34(40)42-25-18-28-32-33(43-32)29(19-25)37(28,2)3;/h5-10,12-14,16-17,25,28-29,32-33,38H,4,11,15,18-20H2,1-3H3,(H-,35,36,39,40);1H/t25?,28-,29+,32-,33+;. The number of epoxide rings is 1. The maximum atomic E-state index is 13.2. The van der Waals surface area contributed by atoms with Crippen LogP contribution in [0.15, 0.2) is 66.7 Å². The van der Waals surface area contributed by atoms with Crippen LogP contribution in [-0.4, -0.2) is 72.7 Å². The molecule has 2 amide bonds. The van der Waals surface area contributed by atoms with E-state index in [1.165, 1.54) is 0 Å². The molecule has 3 heterocycles. The molecule has 3 aromatic carbocycles. The lowest BCUT2D eigenvalue weighted by Gasteiger charge is -2.45. The molecular formula is C34H40IN3O6. The Labute approximate surface area is 275 Å². The molecule has 3 N–H and O–H groups in total. The van der Waals surface area contributed by atoms with E-state index in [0.29, 0.717) is 60.0 Å². The summed E-state index contributed by atoms with van der Waals surface area (Å²) in [5.41, 5.74) is 4.71. The minimum absolute atomic E-state index is 0. The molecule has 1 unspecified atom stereocenters. The fraction of sp³-hybridized carbons (Fsp3) is 0.412. The lowest BCUT2D eigenvalue weighted by molar-refractivity contribution is -0.938. The molecule has 3 fully saturated rings. The molecule has 3 aromatic rings. The van der Waals surface area contributed by atoms with Crippen molar-refractivity contribution in [1.82, 2.24) is 0 Å². The number of hydrogen-bond acceptors (Lipinski definition) is 6. The Kier molecular flexibility index (Phi) is 9.83. The summed E-state index contributed by atoms with van der Waals surface area (Å²) in [4.78, 5) is 26.0. The first-order valence-corrected chi connectivity index (χ1v) is 15.1. The zero-order valence-corrected chi connectivity index (χ0v) is 27.5. The van der Waals surface area contributed by atoms with Crippen LogP contribution in [0.5, 0.6) is 5.75 Å². The van der Waals surface area contributed by atoms with Crippen molar-refractivity contribution in [1.29, 1.82) is 0 Å². The predicted octanol–water partition coefficient (Wildman–Crippen LogP) is 2.13. The summed E-state index contributed by atoms with van der Waals surface area (Å²) in [5, 5.41) is 15.5. The minimum atomic E-state index is -0.463. The van der Waals surface area contributed by atoms with E-state index in [2.05, 4.69) is 24.7 Å². The maximum absolute atomic E-state index is 13.2. The first kappa shape index (κ1) is 32.2. The molecule has 5 atom stereocenters. The van der Waals surface area contributed by atoms with Crippen LogP contribution in [0.25, 0.3) is 11.1 Å². The van der Waals surface area contributed by atoms with E-state index in [-0.39, 0.29) is 49.0 Å². The molecule has 234 valence electrons. The molecule has 0 spiro atoms. The number of piperidine rings is 1. The van der Waals surface area contributed by atoms with Crippen LogP contribution in [0.1, 0.15) is 37.3 Å². The number of fused-ring (bicyclic) bond motifs is 5. The van der Waals surface area contributed by atoms with Crippen LogP contribution in [0, 0.1) is 0 Å². The average molecular weight is 714 g/mol. The van der Waals surface area contributed by atoms with Crippen molar-refractivity contribution in [3.63, 3.8) is 0 Å². The van der Waals surface area contributed by atoms with Crippen LogP contribution in [-0.2, 0) is 27.3 Å². The highest BCUT2D eigenvalue weighted by molar-refractivity contribution is 5.93. The van der Waals surface area contributed by atoms with Crippen molar-refractivity contribution in [2.24, 2.45) is 0 Å². The van der Waals surface area contributed by atoms with Gasteiger partial charge in [-0.15, -0.1) is 0 Å². The zero-order chi connectivity index (χ0) is 30.1. The first-order chi connectivity index (χ1) is 20.8. The maximum Gasteiger partial charge on any atom is 0.411 e. The highest BCUT2D eigenvalue weighted by Gasteiger charge is 2.70. The van der Waals surface area contributed by atoms with E-state index in [9.17, 15) is 14.7 Å². The Morgan fingerprint density at radius 1 is 0.977 bits per heavy atom. The molecule has 3 saturated heterocycles. The quantitative estimate of drug-likeness (QED) is 0.169. The topological polar surface area (TPSA) is 109 Å². The Morgan fingerprint density at radius 2 is 1.70 bits per heavy atom. The number of aliphatic hydroxyl groups is 1. The van der Waals surface area contributed by atoms with Gasteiger partial charge in [-0.25, -0.2) is 4.79 Å². The summed E-state index contributed by atoms with van der Waals surface area (Å²) in [6, 6.07) is 21.7. The van der Waals surface area contributed by atoms with Crippen molar-refractivity contribution < 1.29 is 57.4 Å². The number of anilines is 2. The number of nitrogens with zero attached hydrogens (tertiary/aromatic N) is 1. The number of morpholine rings is 1. The van der Waals surface area contributed by atoms with Crippen LogP contribution >= 0.6 is 0 Å².